The number of carbonyl (C=O) groups excluding carboxylic acids is 2. The summed E-state index contributed by atoms with van der Waals surface area (Å²) in [6.07, 6.45) is 1.26. The van der Waals surface area contributed by atoms with Crippen LogP contribution in [0.4, 0.5) is 0 Å². The van der Waals surface area contributed by atoms with Gasteiger partial charge in [0.05, 0.1) is 0 Å². The number of nitrogens with zero attached hydrogens (tertiary/aromatic N) is 1. The topological polar surface area (TPSA) is 49.4 Å². The average molecular weight is 240 g/mol. The van der Waals surface area contributed by atoms with Crippen LogP contribution in [0.25, 0.3) is 0 Å². The molecule has 0 aromatic carbocycles. The first kappa shape index (κ1) is 14.0. The summed E-state index contributed by atoms with van der Waals surface area (Å²) in [5, 5.41) is 2.87. The van der Waals surface area contributed by atoms with Crippen molar-refractivity contribution < 1.29 is 9.59 Å². The van der Waals surface area contributed by atoms with Gasteiger partial charge in [-0.3, -0.25) is 9.59 Å². The first-order chi connectivity index (χ1) is 7.67. The zero-order chi connectivity index (χ0) is 13.4. The number of piperazine rings is 1. The van der Waals surface area contributed by atoms with Crippen molar-refractivity contribution >= 4 is 11.8 Å². The molecule has 0 saturated carbocycles. The van der Waals surface area contributed by atoms with Gasteiger partial charge in [-0.1, -0.05) is 13.8 Å². The van der Waals surface area contributed by atoms with Crippen molar-refractivity contribution in [2.75, 3.05) is 0 Å². The van der Waals surface area contributed by atoms with Crippen molar-refractivity contribution in [3.8, 4) is 0 Å². The number of amides is 2. The van der Waals surface area contributed by atoms with Gasteiger partial charge in [0.1, 0.15) is 11.6 Å². The predicted octanol–water partition coefficient (Wildman–Crippen LogP) is 1.69. The van der Waals surface area contributed by atoms with Crippen molar-refractivity contribution in [3.05, 3.63) is 0 Å². The van der Waals surface area contributed by atoms with E-state index in [2.05, 4.69) is 5.32 Å². The highest BCUT2D eigenvalue weighted by atomic mass is 16.2. The Morgan fingerprint density at radius 1 is 1.29 bits per heavy atom. The van der Waals surface area contributed by atoms with Gasteiger partial charge in [-0.2, -0.15) is 0 Å². The van der Waals surface area contributed by atoms with E-state index in [1.807, 2.05) is 34.6 Å². The summed E-state index contributed by atoms with van der Waals surface area (Å²) in [4.78, 5) is 26.4. The fraction of sp³-hybridized carbons (Fsp3) is 0.846. The molecule has 1 aliphatic heterocycles. The average Bonchev–Trinajstić information content (AvgIpc) is 2.21. The Kier molecular flexibility index (Phi) is 3.55. The molecule has 2 amide bonds. The lowest BCUT2D eigenvalue weighted by Crippen LogP contribution is -2.72. The molecular formula is C13H24N2O2. The van der Waals surface area contributed by atoms with Crippen LogP contribution in [-0.4, -0.2) is 33.8 Å². The second-order valence-corrected chi connectivity index (χ2v) is 5.94. The Hall–Kier alpha value is -1.06. The maximum absolute atomic E-state index is 12.6. The molecule has 1 N–H and O–H groups in total. The zero-order valence-corrected chi connectivity index (χ0v) is 11.8. The van der Waals surface area contributed by atoms with Crippen molar-refractivity contribution in [1.29, 1.82) is 0 Å². The second-order valence-electron chi connectivity index (χ2n) is 5.94. The lowest BCUT2D eigenvalue weighted by molar-refractivity contribution is -0.160. The van der Waals surface area contributed by atoms with E-state index in [-0.39, 0.29) is 23.4 Å². The van der Waals surface area contributed by atoms with Crippen LogP contribution < -0.4 is 5.32 Å². The molecule has 17 heavy (non-hydrogen) atoms. The molecule has 0 aliphatic carbocycles. The number of hydrogen-bond donors (Lipinski definition) is 1. The third kappa shape index (κ3) is 2.31. The minimum atomic E-state index is -0.754. The molecule has 1 saturated heterocycles. The molecule has 1 heterocycles. The quantitative estimate of drug-likeness (QED) is 0.798. The standard InChI is InChI=1S/C13H24N2O2/c1-7-9-10(16)14-13(6,8-2)11(17)15(9)12(3,4)5/h9H,7-8H2,1-6H3,(H,14,16). The molecule has 0 aromatic rings. The van der Waals surface area contributed by atoms with Crippen molar-refractivity contribution in [2.45, 2.75) is 71.5 Å². The Morgan fingerprint density at radius 3 is 2.18 bits per heavy atom. The summed E-state index contributed by atoms with van der Waals surface area (Å²) in [5.74, 6) is -0.00896. The van der Waals surface area contributed by atoms with Crippen molar-refractivity contribution in [2.24, 2.45) is 0 Å². The van der Waals surface area contributed by atoms with E-state index in [4.69, 9.17) is 0 Å². The minimum absolute atomic E-state index is 0.0268. The molecule has 2 unspecified atom stereocenters. The summed E-state index contributed by atoms with van der Waals surface area (Å²) in [5.41, 5.74) is -1.08. The Bertz CT molecular complexity index is 333. The van der Waals surface area contributed by atoms with Crippen LogP contribution >= 0.6 is 0 Å². The predicted molar refractivity (Wildman–Crippen MR) is 67.5 cm³/mol. The molecule has 1 fully saturated rings. The lowest BCUT2D eigenvalue weighted by Gasteiger charge is -2.49. The smallest absolute Gasteiger partial charge is 0.249 e. The molecule has 2 atom stereocenters. The summed E-state index contributed by atoms with van der Waals surface area (Å²) in [7, 11) is 0. The molecular weight excluding hydrogens is 216 g/mol. The van der Waals surface area contributed by atoms with E-state index in [0.717, 1.165) is 0 Å². The van der Waals surface area contributed by atoms with E-state index in [9.17, 15) is 9.59 Å². The summed E-state index contributed by atoms with van der Waals surface area (Å²) >= 11 is 0. The summed E-state index contributed by atoms with van der Waals surface area (Å²) in [6.45, 7) is 11.6. The van der Waals surface area contributed by atoms with Gasteiger partial charge in [0.25, 0.3) is 0 Å². The first-order valence-corrected chi connectivity index (χ1v) is 6.33. The molecule has 0 spiro atoms. The highest BCUT2D eigenvalue weighted by molar-refractivity contribution is 5.99. The zero-order valence-electron chi connectivity index (χ0n) is 11.8. The van der Waals surface area contributed by atoms with Gasteiger partial charge in [0, 0.05) is 5.54 Å². The monoisotopic (exact) mass is 240 g/mol. The number of rotatable bonds is 2. The highest BCUT2D eigenvalue weighted by Gasteiger charge is 2.49. The first-order valence-electron chi connectivity index (χ1n) is 6.33. The molecule has 98 valence electrons. The van der Waals surface area contributed by atoms with Crippen molar-refractivity contribution in [3.63, 3.8) is 0 Å². The summed E-state index contributed by atoms with van der Waals surface area (Å²) < 4.78 is 0. The molecule has 0 radical (unpaired) electrons. The SMILES string of the molecule is CCC1C(=O)NC(C)(CC)C(=O)N1C(C)(C)C. The maximum atomic E-state index is 12.6. The molecule has 4 heteroatoms. The van der Waals surface area contributed by atoms with Gasteiger partial charge in [-0.25, -0.2) is 0 Å². The van der Waals surface area contributed by atoms with E-state index >= 15 is 0 Å². The van der Waals surface area contributed by atoms with Gasteiger partial charge < -0.3 is 10.2 Å². The van der Waals surface area contributed by atoms with E-state index in [0.29, 0.717) is 12.8 Å². The Labute approximate surface area is 104 Å². The molecule has 0 bridgehead atoms. The van der Waals surface area contributed by atoms with Crippen LogP contribution in [0.2, 0.25) is 0 Å². The minimum Gasteiger partial charge on any atom is -0.340 e. The van der Waals surface area contributed by atoms with Gasteiger partial charge in [0.15, 0.2) is 0 Å². The van der Waals surface area contributed by atoms with Crippen molar-refractivity contribution in [1.82, 2.24) is 10.2 Å². The van der Waals surface area contributed by atoms with Crippen LogP contribution in [0.5, 0.6) is 0 Å². The summed E-state index contributed by atoms with van der Waals surface area (Å²) in [6, 6.07) is -0.345. The number of carbonyl (C=O) groups is 2. The molecule has 1 rings (SSSR count). The number of hydrogen-bond acceptors (Lipinski definition) is 2. The maximum Gasteiger partial charge on any atom is 0.249 e. The third-order valence-electron chi connectivity index (χ3n) is 3.52. The Morgan fingerprint density at radius 2 is 1.82 bits per heavy atom. The van der Waals surface area contributed by atoms with Gasteiger partial charge >= 0.3 is 0 Å². The number of nitrogens with one attached hydrogen (secondary N) is 1. The van der Waals surface area contributed by atoms with Crippen LogP contribution in [0, 0.1) is 0 Å². The molecule has 0 aromatic heterocycles. The van der Waals surface area contributed by atoms with E-state index < -0.39 is 5.54 Å². The fourth-order valence-electron chi connectivity index (χ4n) is 2.31. The van der Waals surface area contributed by atoms with Gasteiger partial charge in [-0.05, 0) is 40.5 Å². The largest absolute Gasteiger partial charge is 0.340 e. The van der Waals surface area contributed by atoms with Crippen LogP contribution in [0.1, 0.15) is 54.4 Å². The lowest BCUT2D eigenvalue weighted by atomic mass is 9.87. The van der Waals surface area contributed by atoms with E-state index in [1.54, 1.807) is 11.8 Å². The van der Waals surface area contributed by atoms with Crippen LogP contribution in [0.15, 0.2) is 0 Å². The van der Waals surface area contributed by atoms with Gasteiger partial charge in [-0.15, -0.1) is 0 Å². The normalized spacial score (nSPS) is 30.5. The fourth-order valence-corrected chi connectivity index (χ4v) is 2.31. The van der Waals surface area contributed by atoms with E-state index in [1.165, 1.54) is 0 Å². The third-order valence-corrected chi connectivity index (χ3v) is 3.52. The van der Waals surface area contributed by atoms with Crippen LogP contribution in [-0.2, 0) is 9.59 Å². The second kappa shape index (κ2) is 4.31. The molecule has 1 aliphatic rings. The van der Waals surface area contributed by atoms with Gasteiger partial charge in [0.2, 0.25) is 11.8 Å². The Balaban J connectivity index is 3.19. The molecule has 4 nitrogen and oxygen atoms in total. The highest BCUT2D eigenvalue weighted by Crippen LogP contribution is 2.29. The van der Waals surface area contributed by atoms with Crippen LogP contribution in [0.3, 0.4) is 0 Å².